The fourth-order valence-electron chi connectivity index (χ4n) is 4.92. The molecule has 0 aliphatic carbocycles. The van der Waals surface area contributed by atoms with Gasteiger partial charge in [-0.1, -0.05) is 5.11 Å². The van der Waals surface area contributed by atoms with Crippen molar-refractivity contribution in [2.24, 2.45) is 10.8 Å². The van der Waals surface area contributed by atoms with Gasteiger partial charge in [0.25, 0.3) is 0 Å². The van der Waals surface area contributed by atoms with E-state index in [9.17, 15) is 46.0 Å². The highest BCUT2D eigenvalue weighted by molar-refractivity contribution is 4.96. The van der Waals surface area contributed by atoms with Crippen LogP contribution in [0.3, 0.4) is 0 Å². The second-order valence-corrected chi connectivity index (χ2v) is 10.3. The quantitative estimate of drug-likeness (QED) is 0.0378. The second kappa shape index (κ2) is 16.7. The topological polar surface area (TPSA) is 312 Å². The molecule has 0 aromatic rings. The van der Waals surface area contributed by atoms with E-state index in [4.69, 9.17) is 39.7 Å². The van der Waals surface area contributed by atoms with Gasteiger partial charge in [0.15, 0.2) is 18.9 Å². The van der Waals surface area contributed by atoms with E-state index in [0.717, 1.165) is 12.8 Å². The first kappa shape index (κ1) is 35.2. The zero-order valence-corrected chi connectivity index (χ0v) is 22.7. The molecule has 3 aliphatic heterocycles. The Kier molecular flexibility index (Phi) is 13.9. The third-order valence-electron chi connectivity index (χ3n) is 7.35. The summed E-state index contributed by atoms with van der Waals surface area (Å²) in [4.78, 5) is 2.66. The van der Waals surface area contributed by atoms with E-state index in [1.165, 1.54) is 0 Å². The lowest BCUT2D eigenvalue weighted by Gasteiger charge is -2.48. The lowest BCUT2D eigenvalue weighted by molar-refractivity contribution is -0.377. The molecule has 0 bridgehead atoms. The van der Waals surface area contributed by atoms with Crippen molar-refractivity contribution >= 4 is 0 Å². The van der Waals surface area contributed by atoms with Gasteiger partial charge in [0.2, 0.25) is 0 Å². The molecule has 0 amide bonds. The van der Waals surface area contributed by atoms with Crippen molar-refractivity contribution < 1.29 is 74.4 Å². The molecule has 0 aromatic carbocycles. The van der Waals surface area contributed by atoms with E-state index in [1.54, 1.807) is 0 Å². The summed E-state index contributed by atoms with van der Waals surface area (Å²) in [6.45, 7) is -1.25. The van der Waals surface area contributed by atoms with Gasteiger partial charge in [0.05, 0.1) is 25.9 Å². The van der Waals surface area contributed by atoms with Crippen molar-refractivity contribution in [2.45, 2.75) is 111 Å². The predicted molar refractivity (Wildman–Crippen MR) is 135 cm³/mol. The van der Waals surface area contributed by atoms with Crippen molar-refractivity contribution in [3.8, 4) is 0 Å². The molecule has 3 rings (SSSR count). The number of nitrogens with zero attached hydrogens (tertiary/aromatic N) is 3. The van der Waals surface area contributed by atoms with Crippen LogP contribution in [0.25, 0.3) is 10.4 Å². The zero-order chi connectivity index (χ0) is 31.0. The van der Waals surface area contributed by atoms with E-state index in [2.05, 4.69) is 10.0 Å². The standard InChI is InChI=1S/C23H42N4O15/c24-4-2-1-3-5-37-21-17(35)14(32)19(9(38-21)6-26-27-25)41-23-18(36)15(33)20(11(8-29)40-23)42-22-16(34)13(31)12(30)10(7-28)39-22/h9-23,28-36H,1-8,24H2/t9?,10?,11?,12-,13-,14+,15+,16?,17?,18?,19+,20-,21+,22+,23-/m0/s1. The van der Waals surface area contributed by atoms with E-state index >= 15 is 0 Å². The lowest BCUT2D eigenvalue weighted by Crippen LogP contribution is -2.66. The molecule has 0 aromatic heterocycles. The summed E-state index contributed by atoms with van der Waals surface area (Å²) in [7, 11) is 0. The van der Waals surface area contributed by atoms with Crippen molar-refractivity contribution in [2.75, 3.05) is 32.9 Å². The highest BCUT2D eigenvalue weighted by Gasteiger charge is 2.53. The molecule has 0 radical (unpaired) electrons. The molecular formula is C23H42N4O15. The van der Waals surface area contributed by atoms with Crippen LogP contribution < -0.4 is 5.73 Å². The van der Waals surface area contributed by atoms with Crippen LogP contribution in [0.5, 0.6) is 0 Å². The van der Waals surface area contributed by atoms with Crippen molar-refractivity contribution in [1.82, 2.24) is 0 Å². The predicted octanol–water partition coefficient (Wildman–Crippen LogP) is -5.10. The van der Waals surface area contributed by atoms with Gasteiger partial charge < -0.3 is 80.1 Å². The number of ether oxygens (including phenoxy) is 6. The Morgan fingerprint density at radius 1 is 0.643 bits per heavy atom. The summed E-state index contributed by atoms with van der Waals surface area (Å²) < 4.78 is 33.3. The average molecular weight is 615 g/mol. The van der Waals surface area contributed by atoms with Crippen LogP contribution in [0.15, 0.2) is 5.11 Å². The summed E-state index contributed by atoms with van der Waals surface area (Å²) in [6.07, 6.45) is -22.1. The third kappa shape index (κ3) is 8.23. The number of hydrogen-bond donors (Lipinski definition) is 10. The molecule has 42 heavy (non-hydrogen) atoms. The first-order valence-electron chi connectivity index (χ1n) is 13.7. The third-order valence-corrected chi connectivity index (χ3v) is 7.35. The molecule has 3 saturated heterocycles. The summed E-state index contributed by atoms with van der Waals surface area (Å²) >= 11 is 0. The fraction of sp³-hybridized carbons (Fsp3) is 1.00. The highest BCUT2D eigenvalue weighted by atomic mass is 16.8. The van der Waals surface area contributed by atoms with Gasteiger partial charge in [-0.2, -0.15) is 0 Å². The molecular weight excluding hydrogens is 572 g/mol. The monoisotopic (exact) mass is 614 g/mol. The zero-order valence-electron chi connectivity index (χ0n) is 22.7. The van der Waals surface area contributed by atoms with E-state index < -0.39 is 105 Å². The number of aliphatic hydroxyl groups excluding tert-OH is 9. The van der Waals surface area contributed by atoms with Gasteiger partial charge in [-0.05, 0) is 31.3 Å². The number of unbranched alkanes of at least 4 members (excludes halogenated alkanes) is 2. The smallest absolute Gasteiger partial charge is 0.187 e. The molecule has 19 nitrogen and oxygen atoms in total. The highest BCUT2D eigenvalue weighted by Crippen LogP contribution is 2.32. The molecule has 0 saturated carbocycles. The van der Waals surface area contributed by atoms with Gasteiger partial charge in [-0.3, -0.25) is 0 Å². The van der Waals surface area contributed by atoms with Gasteiger partial charge in [0.1, 0.15) is 67.1 Å². The largest absolute Gasteiger partial charge is 0.394 e. The van der Waals surface area contributed by atoms with Crippen LogP contribution in [-0.2, 0) is 28.4 Å². The summed E-state index contributed by atoms with van der Waals surface area (Å²) in [5.41, 5.74) is 14.3. The number of nitrogens with two attached hydrogens (primary N) is 1. The second-order valence-electron chi connectivity index (χ2n) is 10.3. The Balaban J connectivity index is 1.69. The Morgan fingerprint density at radius 3 is 1.74 bits per heavy atom. The summed E-state index contributed by atoms with van der Waals surface area (Å²) in [6, 6.07) is 0. The van der Waals surface area contributed by atoms with Crippen LogP contribution in [-0.4, -0.2) is 171 Å². The van der Waals surface area contributed by atoms with E-state index in [1.807, 2.05) is 0 Å². The minimum absolute atomic E-state index is 0.179. The van der Waals surface area contributed by atoms with Crippen LogP contribution in [0.4, 0.5) is 0 Å². The summed E-state index contributed by atoms with van der Waals surface area (Å²) in [5.74, 6) is 0. The van der Waals surface area contributed by atoms with Gasteiger partial charge in [-0.15, -0.1) is 0 Å². The first-order valence-corrected chi connectivity index (χ1v) is 13.7. The van der Waals surface area contributed by atoms with Crippen LogP contribution in [0.2, 0.25) is 0 Å². The summed E-state index contributed by atoms with van der Waals surface area (Å²) in [5, 5.41) is 96.1. The normalized spacial score (nSPS) is 44.5. The maximum Gasteiger partial charge on any atom is 0.187 e. The molecule has 3 heterocycles. The van der Waals surface area contributed by atoms with Crippen molar-refractivity contribution in [3.05, 3.63) is 10.4 Å². The molecule has 19 heteroatoms. The van der Waals surface area contributed by atoms with E-state index in [0.29, 0.717) is 13.0 Å². The number of aliphatic hydroxyl groups is 9. The molecule has 11 N–H and O–H groups in total. The SMILES string of the molecule is [N-]=[N+]=NCC1O[C@@H](OCCCCCN)C(O)[C@@H](O)[C@@H]1O[C@@H]1OC(CO)[C@H](O[C@H]2OC(CO)[C@H](O)[C@H](O)C2O)[C@H](O)C1O. The Labute approximate surface area is 240 Å². The van der Waals surface area contributed by atoms with Gasteiger partial charge in [-0.25, -0.2) is 0 Å². The molecule has 3 aliphatic rings. The first-order chi connectivity index (χ1) is 20.1. The molecule has 15 atom stereocenters. The van der Waals surface area contributed by atoms with Gasteiger partial charge >= 0.3 is 0 Å². The number of hydrogen-bond acceptors (Lipinski definition) is 17. The molecule has 3 fully saturated rings. The average Bonchev–Trinajstić information content (AvgIpc) is 2.99. The van der Waals surface area contributed by atoms with Gasteiger partial charge in [0, 0.05) is 11.5 Å². The van der Waals surface area contributed by atoms with Crippen LogP contribution in [0.1, 0.15) is 19.3 Å². The minimum atomic E-state index is -1.91. The maximum absolute atomic E-state index is 10.8. The van der Waals surface area contributed by atoms with E-state index in [-0.39, 0.29) is 13.2 Å². The minimum Gasteiger partial charge on any atom is -0.394 e. The number of azide groups is 1. The Morgan fingerprint density at radius 2 is 1.17 bits per heavy atom. The molecule has 6 unspecified atom stereocenters. The fourth-order valence-corrected chi connectivity index (χ4v) is 4.92. The lowest BCUT2D eigenvalue weighted by atomic mass is 9.96. The number of rotatable bonds is 14. The molecule has 244 valence electrons. The molecule has 0 spiro atoms. The Bertz CT molecular complexity index is 855. The van der Waals surface area contributed by atoms with Crippen molar-refractivity contribution in [3.63, 3.8) is 0 Å². The van der Waals surface area contributed by atoms with Crippen LogP contribution >= 0.6 is 0 Å². The Hall–Kier alpha value is -1.33. The van der Waals surface area contributed by atoms with Crippen LogP contribution in [0, 0.1) is 0 Å². The maximum atomic E-state index is 10.8. The van der Waals surface area contributed by atoms with Crippen molar-refractivity contribution in [1.29, 1.82) is 0 Å².